The Morgan fingerprint density at radius 2 is 1.35 bits per heavy atom. The van der Waals surface area contributed by atoms with Gasteiger partial charge in [-0.2, -0.15) is 25.3 Å². The van der Waals surface area contributed by atoms with Crippen molar-refractivity contribution in [1.29, 1.82) is 0 Å². The van der Waals surface area contributed by atoms with Crippen molar-refractivity contribution in [2.24, 2.45) is 17.2 Å². The van der Waals surface area contributed by atoms with E-state index in [1.807, 2.05) is 0 Å². The van der Waals surface area contributed by atoms with Crippen LogP contribution in [0, 0.1) is 0 Å². The Kier molecular flexibility index (Phi) is 14.7. The topological polar surface area (TPSA) is 220 Å². The molecule has 14 heteroatoms. The van der Waals surface area contributed by atoms with Crippen molar-refractivity contribution in [3.63, 3.8) is 0 Å². The van der Waals surface area contributed by atoms with Gasteiger partial charge >= 0.3 is 5.97 Å². The van der Waals surface area contributed by atoms with E-state index in [-0.39, 0.29) is 30.8 Å². The number of thiol groups is 2. The van der Waals surface area contributed by atoms with Crippen LogP contribution in [0.15, 0.2) is 0 Å². The maximum atomic E-state index is 12.7. The maximum Gasteiger partial charge on any atom is 0.326 e. The molecule has 0 heterocycles. The molecule has 0 aliphatic carbocycles. The van der Waals surface area contributed by atoms with Crippen LogP contribution in [0.5, 0.6) is 0 Å². The van der Waals surface area contributed by atoms with Crippen molar-refractivity contribution >= 4 is 54.9 Å². The molecule has 12 nitrogen and oxygen atoms in total. The van der Waals surface area contributed by atoms with Gasteiger partial charge < -0.3 is 38.3 Å². The van der Waals surface area contributed by atoms with Gasteiger partial charge in [-0.05, 0) is 32.2 Å². The first-order chi connectivity index (χ1) is 14.6. The summed E-state index contributed by atoms with van der Waals surface area (Å²) in [6.07, 6.45) is 0.968. The molecule has 0 aromatic carbocycles. The largest absolute Gasteiger partial charge is 0.480 e. The highest BCUT2D eigenvalue weighted by atomic mass is 32.1. The molecule has 0 aromatic heterocycles. The minimum atomic E-state index is -1.37. The van der Waals surface area contributed by atoms with Crippen LogP contribution in [-0.4, -0.2) is 76.9 Å². The highest BCUT2D eigenvalue weighted by molar-refractivity contribution is 7.80. The van der Waals surface area contributed by atoms with Gasteiger partial charge in [-0.3, -0.25) is 19.2 Å². The highest BCUT2D eigenvalue weighted by Gasteiger charge is 2.29. The quantitative estimate of drug-likeness (QED) is 0.0822. The van der Waals surface area contributed by atoms with E-state index < -0.39 is 53.8 Å². The zero-order chi connectivity index (χ0) is 24.0. The Morgan fingerprint density at radius 3 is 1.84 bits per heavy atom. The summed E-state index contributed by atoms with van der Waals surface area (Å²) in [5.41, 5.74) is 16.1. The number of amides is 4. The number of carboxylic acids is 1. The minimum Gasteiger partial charge on any atom is -0.480 e. The third-order valence-electron chi connectivity index (χ3n) is 4.22. The van der Waals surface area contributed by atoms with E-state index >= 15 is 0 Å². The lowest BCUT2D eigenvalue weighted by Gasteiger charge is -2.24. The number of hydrogen-bond acceptors (Lipinski definition) is 9. The lowest BCUT2D eigenvalue weighted by molar-refractivity contribution is -0.142. The first kappa shape index (κ1) is 29.0. The monoisotopic (exact) mass is 480 g/mol. The minimum absolute atomic E-state index is 0.0759. The van der Waals surface area contributed by atoms with Gasteiger partial charge in [0, 0.05) is 17.9 Å². The predicted molar refractivity (Wildman–Crippen MR) is 120 cm³/mol. The molecule has 0 saturated carbocycles. The van der Waals surface area contributed by atoms with Gasteiger partial charge in [-0.1, -0.05) is 0 Å². The molecule has 0 spiro atoms. The number of rotatable bonds is 16. The van der Waals surface area contributed by atoms with Gasteiger partial charge in [-0.15, -0.1) is 0 Å². The fourth-order valence-corrected chi connectivity index (χ4v) is 2.83. The van der Waals surface area contributed by atoms with Crippen LogP contribution >= 0.6 is 25.3 Å². The third-order valence-corrected chi connectivity index (χ3v) is 4.98. The van der Waals surface area contributed by atoms with Crippen molar-refractivity contribution in [2.75, 3.05) is 18.1 Å². The van der Waals surface area contributed by atoms with Crippen LogP contribution < -0.4 is 33.2 Å². The SMILES string of the molecule is NCCCCC(NC(=O)C(N)CS)C(=O)NC(CS)C(=O)NC(CCC(N)=O)C(=O)O. The second kappa shape index (κ2) is 15.7. The molecule has 178 valence electrons. The second-order valence-corrected chi connectivity index (χ2v) is 7.51. The molecule has 0 rings (SSSR count). The molecule has 0 fully saturated rings. The molecule has 4 atom stereocenters. The van der Waals surface area contributed by atoms with Crippen LogP contribution in [0.2, 0.25) is 0 Å². The lowest BCUT2D eigenvalue weighted by atomic mass is 10.1. The van der Waals surface area contributed by atoms with Crippen LogP contribution in [0.1, 0.15) is 32.1 Å². The summed E-state index contributed by atoms with van der Waals surface area (Å²) in [6.45, 7) is 0.405. The molecular formula is C17H32N6O6S2. The summed E-state index contributed by atoms with van der Waals surface area (Å²) in [7, 11) is 0. The Labute approximate surface area is 191 Å². The molecule has 4 unspecified atom stereocenters. The number of nitrogens with one attached hydrogen (secondary N) is 3. The van der Waals surface area contributed by atoms with Crippen LogP contribution in [0.4, 0.5) is 0 Å². The van der Waals surface area contributed by atoms with E-state index in [0.29, 0.717) is 19.4 Å². The number of nitrogens with two attached hydrogens (primary N) is 3. The molecule has 0 saturated heterocycles. The highest BCUT2D eigenvalue weighted by Crippen LogP contribution is 2.04. The number of hydrogen-bond donors (Lipinski definition) is 9. The summed E-state index contributed by atoms with van der Waals surface area (Å²) in [6, 6.07) is -4.45. The fourth-order valence-electron chi connectivity index (χ4n) is 2.41. The first-order valence-corrected chi connectivity index (χ1v) is 10.9. The number of carboxylic acid groups (broad SMARTS) is 1. The van der Waals surface area contributed by atoms with Gasteiger partial charge in [0.1, 0.15) is 18.1 Å². The van der Waals surface area contributed by atoms with Gasteiger partial charge in [0.15, 0.2) is 0 Å². The van der Waals surface area contributed by atoms with E-state index in [4.69, 9.17) is 17.2 Å². The molecule has 0 radical (unpaired) electrons. The van der Waals surface area contributed by atoms with Crippen LogP contribution in [-0.2, 0) is 24.0 Å². The summed E-state index contributed by atoms with van der Waals surface area (Å²) in [5, 5.41) is 16.4. The Bertz CT molecular complexity index is 638. The Hall–Kier alpha value is -2.03. The van der Waals surface area contributed by atoms with E-state index in [2.05, 4.69) is 41.2 Å². The van der Waals surface area contributed by atoms with E-state index in [1.54, 1.807) is 0 Å². The zero-order valence-corrected chi connectivity index (χ0v) is 18.9. The van der Waals surface area contributed by atoms with Crippen molar-refractivity contribution in [3.8, 4) is 0 Å². The van der Waals surface area contributed by atoms with Gasteiger partial charge in [0.05, 0.1) is 6.04 Å². The van der Waals surface area contributed by atoms with Gasteiger partial charge in [0.2, 0.25) is 23.6 Å². The van der Waals surface area contributed by atoms with Gasteiger partial charge in [0.25, 0.3) is 0 Å². The fraction of sp³-hybridized carbons (Fsp3) is 0.706. The van der Waals surface area contributed by atoms with E-state index in [9.17, 15) is 29.1 Å². The van der Waals surface area contributed by atoms with E-state index in [0.717, 1.165) is 0 Å². The summed E-state index contributed by atoms with van der Waals surface area (Å²) in [4.78, 5) is 59.4. The third kappa shape index (κ3) is 11.8. The number of carbonyl (C=O) groups excluding carboxylic acids is 4. The molecule has 0 aliphatic rings. The number of unbranched alkanes of at least 4 members (excludes halogenated alkanes) is 1. The number of carbonyl (C=O) groups is 5. The maximum absolute atomic E-state index is 12.7. The molecule has 0 aliphatic heterocycles. The number of primary amides is 1. The smallest absolute Gasteiger partial charge is 0.326 e. The molecule has 31 heavy (non-hydrogen) atoms. The molecule has 10 N–H and O–H groups in total. The Balaban J connectivity index is 5.17. The van der Waals surface area contributed by atoms with Crippen molar-refractivity contribution in [3.05, 3.63) is 0 Å². The van der Waals surface area contributed by atoms with Crippen molar-refractivity contribution in [2.45, 2.75) is 56.3 Å². The second-order valence-electron chi connectivity index (χ2n) is 6.78. The molecule has 0 bridgehead atoms. The van der Waals surface area contributed by atoms with Crippen LogP contribution in [0.3, 0.4) is 0 Å². The van der Waals surface area contributed by atoms with Crippen molar-refractivity contribution in [1.82, 2.24) is 16.0 Å². The van der Waals surface area contributed by atoms with Gasteiger partial charge in [-0.25, -0.2) is 4.79 Å². The predicted octanol–water partition coefficient (Wildman–Crippen LogP) is -2.89. The van der Waals surface area contributed by atoms with Crippen molar-refractivity contribution < 1.29 is 29.1 Å². The molecule has 4 amide bonds. The lowest BCUT2D eigenvalue weighted by Crippen LogP contribution is -2.57. The Morgan fingerprint density at radius 1 is 0.806 bits per heavy atom. The average molecular weight is 481 g/mol. The molecular weight excluding hydrogens is 448 g/mol. The summed E-state index contributed by atoms with van der Waals surface area (Å²) >= 11 is 7.98. The summed E-state index contributed by atoms with van der Waals surface area (Å²) in [5.74, 6) is -4.17. The summed E-state index contributed by atoms with van der Waals surface area (Å²) < 4.78 is 0. The first-order valence-electron chi connectivity index (χ1n) is 9.66. The standard InChI is InChI=1S/C17H32N6O6S2/c18-6-2-1-3-10(21-14(25)9(19)7-30)15(26)23-12(8-31)16(27)22-11(17(28)29)4-5-13(20)24/h9-12,30-31H,1-8,18-19H2,(H2,20,24)(H,21,25)(H,22,27)(H,23,26)(H,28,29). The van der Waals surface area contributed by atoms with E-state index in [1.165, 1.54) is 0 Å². The van der Waals surface area contributed by atoms with Crippen LogP contribution in [0.25, 0.3) is 0 Å². The average Bonchev–Trinajstić information content (AvgIpc) is 2.72. The number of aliphatic carboxylic acids is 1. The normalized spacial score (nSPS) is 14.6. The zero-order valence-electron chi connectivity index (χ0n) is 17.1. The molecule has 0 aromatic rings.